The van der Waals surface area contributed by atoms with Crippen molar-refractivity contribution in [2.75, 3.05) is 47.5 Å². The van der Waals surface area contributed by atoms with E-state index in [0.717, 1.165) is 77.0 Å². The van der Waals surface area contributed by atoms with E-state index in [-0.39, 0.29) is 26.1 Å². The van der Waals surface area contributed by atoms with E-state index in [4.69, 9.17) is 18.5 Å². The van der Waals surface area contributed by atoms with Crippen molar-refractivity contribution >= 4 is 19.8 Å². The molecule has 2 unspecified atom stereocenters. The summed E-state index contributed by atoms with van der Waals surface area (Å²) >= 11 is 0. The lowest BCUT2D eigenvalue weighted by Gasteiger charge is -2.28. The smallest absolute Gasteiger partial charge is 0.306 e. The van der Waals surface area contributed by atoms with Gasteiger partial charge in [0.05, 0.1) is 27.7 Å². The Morgan fingerprint density at radius 3 is 1.78 bits per heavy atom. The average Bonchev–Trinajstić information content (AvgIpc) is 3.04. The molecule has 0 rings (SSSR count). The number of phosphoric ester groups is 1. The minimum atomic E-state index is -4.63. The maximum Gasteiger partial charge on any atom is 0.306 e. The number of nitrogens with zero attached hydrogens (tertiary/aromatic N) is 1. The van der Waals surface area contributed by atoms with Gasteiger partial charge in [-0.25, -0.2) is 0 Å². The zero-order chi connectivity index (χ0) is 36.5. The number of ether oxygens (including phenoxy) is 2. The van der Waals surface area contributed by atoms with Gasteiger partial charge in [-0.1, -0.05) is 101 Å². The molecule has 0 spiro atoms. The van der Waals surface area contributed by atoms with Crippen LogP contribution in [0.4, 0.5) is 0 Å². The fourth-order valence-electron chi connectivity index (χ4n) is 4.60. The number of hydrogen-bond donors (Lipinski definition) is 0. The Balaban J connectivity index is 4.53. The van der Waals surface area contributed by atoms with Crippen LogP contribution >= 0.6 is 7.82 Å². The van der Waals surface area contributed by atoms with Crippen LogP contribution in [-0.4, -0.2) is 70.0 Å². The van der Waals surface area contributed by atoms with Gasteiger partial charge < -0.3 is 27.9 Å². The number of carbonyl (C=O) groups excluding carboxylic acids is 2. The van der Waals surface area contributed by atoms with E-state index in [1.165, 1.54) is 19.3 Å². The normalized spacial score (nSPS) is 14.3. The molecule has 0 saturated heterocycles. The Labute approximate surface area is 299 Å². The minimum absolute atomic E-state index is 0.0397. The molecule has 9 nitrogen and oxygen atoms in total. The second-order valence-electron chi connectivity index (χ2n) is 13.6. The highest BCUT2D eigenvalue weighted by Gasteiger charge is 2.21. The van der Waals surface area contributed by atoms with E-state index in [2.05, 4.69) is 62.5 Å². The number of esters is 2. The van der Waals surface area contributed by atoms with Crippen LogP contribution in [0.25, 0.3) is 0 Å². The fourth-order valence-corrected chi connectivity index (χ4v) is 5.33. The number of hydrogen-bond acceptors (Lipinski definition) is 8. The van der Waals surface area contributed by atoms with Crippen molar-refractivity contribution in [1.29, 1.82) is 0 Å². The largest absolute Gasteiger partial charge is 0.756 e. The number of quaternary nitrogens is 1. The molecule has 0 bridgehead atoms. The summed E-state index contributed by atoms with van der Waals surface area (Å²) in [5, 5.41) is 0. The van der Waals surface area contributed by atoms with Crippen molar-refractivity contribution in [2.45, 2.75) is 142 Å². The van der Waals surface area contributed by atoms with Crippen molar-refractivity contribution in [2.24, 2.45) is 0 Å². The van der Waals surface area contributed by atoms with Gasteiger partial charge in [0, 0.05) is 12.8 Å². The van der Waals surface area contributed by atoms with Gasteiger partial charge in [-0.15, -0.1) is 0 Å². The maximum atomic E-state index is 12.6. The van der Waals surface area contributed by atoms with Gasteiger partial charge >= 0.3 is 11.9 Å². The highest BCUT2D eigenvalue weighted by atomic mass is 31.2. The lowest BCUT2D eigenvalue weighted by molar-refractivity contribution is -0.870. The molecule has 0 saturated carbocycles. The van der Waals surface area contributed by atoms with Crippen molar-refractivity contribution in [3.05, 3.63) is 48.6 Å². The Kier molecular flexibility index (Phi) is 30.6. The zero-order valence-corrected chi connectivity index (χ0v) is 32.5. The number of unbranched alkanes of at least 4 members (excludes halogenated alkanes) is 11. The van der Waals surface area contributed by atoms with Crippen molar-refractivity contribution in [1.82, 2.24) is 0 Å². The molecule has 0 aromatic heterocycles. The van der Waals surface area contributed by atoms with Gasteiger partial charge in [0.1, 0.15) is 19.8 Å². The van der Waals surface area contributed by atoms with Crippen LogP contribution in [-0.2, 0) is 32.7 Å². The van der Waals surface area contributed by atoms with Crippen molar-refractivity contribution in [3.8, 4) is 0 Å². The van der Waals surface area contributed by atoms with Crippen LogP contribution in [0.15, 0.2) is 48.6 Å². The number of likely N-dealkylation sites (N-methyl/N-ethyl adjacent to an activating group) is 1. The summed E-state index contributed by atoms with van der Waals surface area (Å²) < 4.78 is 33.7. The van der Waals surface area contributed by atoms with Gasteiger partial charge in [0.15, 0.2) is 6.10 Å². The van der Waals surface area contributed by atoms with Gasteiger partial charge in [0.2, 0.25) is 0 Å². The van der Waals surface area contributed by atoms with Gasteiger partial charge in [-0.2, -0.15) is 0 Å². The standard InChI is InChI=1S/C39H70NO8P/c1-6-8-10-12-14-16-18-20-22-24-26-28-30-32-39(42)48-37(36-47-49(43,44)46-34-33-40(3,4)5)35-45-38(41)31-29-27-25-23-21-19-17-15-13-11-9-7-2/h8,10,14-17,20,22,37H,6-7,9,11-13,18-19,21,23-36H2,1-5H3/b10-8-,16-14-,17-15-,22-20-. The molecule has 0 aliphatic carbocycles. The predicted molar refractivity (Wildman–Crippen MR) is 199 cm³/mol. The monoisotopic (exact) mass is 711 g/mol. The molecule has 0 heterocycles. The first-order valence-corrected chi connectivity index (χ1v) is 20.3. The van der Waals surface area contributed by atoms with E-state index in [0.29, 0.717) is 23.9 Å². The molecular weight excluding hydrogens is 641 g/mol. The molecule has 0 N–H and O–H groups in total. The summed E-state index contributed by atoms with van der Waals surface area (Å²) in [6.45, 7) is 4.01. The van der Waals surface area contributed by atoms with Gasteiger partial charge in [-0.05, 0) is 70.6 Å². The van der Waals surface area contributed by atoms with E-state index < -0.39 is 32.5 Å². The third kappa shape index (κ3) is 35.6. The highest BCUT2D eigenvalue weighted by molar-refractivity contribution is 7.45. The summed E-state index contributed by atoms with van der Waals surface area (Å²) in [5.74, 6) is -0.887. The summed E-state index contributed by atoms with van der Waals surface area (Å²) in [6, 6.07) is 0. The molecule has 0 aliphatic heterocycles. The Morgan fingerprint density at radius 1 is 0.653 bits per heavy atom. The van der Waals surface area contributed by atoms with Crippen LogP contribution in [0, 0.1) is 0 Å². The average molecular weight is 712 g/mol. The number of rotatable bonds is 33. The summed E-state index contributed by atoms with van der Waals surface area (Å²) in [4.78, 5) is 37.3. The molecule has 0 amide bonds. The van der Waals surface area contributed by atoms with E-state index in [1.54, 1.807) is 0 Å². The lowest BCUT2D eigenvalue weighted by Crippen LogP contribution is -2.37. The number of phosphoric acid groups is 1. The van der Waals surface area contributed by atoms with Crippen LogP contribution in [0.2, 0.25) is 0 Å². The number of carbonyl (C=O) groups is 2. The minimum Gasteiger partial charge on any atom is -0.756 e. The first-order valence-electron chi connectivity index (χ1n) is 18.8. The van der Waals surface area contributed by atoms with Crippen molar-refractivity contribution < 1.29 is 42.1 Å². The highest BCUT2D eigenvalue weighted by Crippen LogP contribution is 2.38. The summed E-state index contributed by atoms with van der Waals surface area (Å²) in [6.07, 6.45) is 34.3. The maximum absolute atomic E-state index is 12.6. The van der Waals surface area contributed by atoms with Crippen molar-refractivity contribution in [3.63, 3.8) is 0 Å². The first-order chi connectivity index (χ1) is 23.5. The fraction of sp³-hybridized carbons (Fsp3) is 0.744. The molecule has 49 heavy (non-hydrogen) atoms. The zero-order valence-electron chi connectivity index (χ0n) is 31.6. The SMILES string of the molecule is CC/C=C\C/C=C\C/C=C\CCCCCC(=O)OC(COC(=O)CCCCCCC/C=C\CCCCC)COP(=O)([O-])OCC[N+](C)(C)C. The van der Waals surface area contributed by atoms with E-state index in [9.17, 15) is 19.0 Å². The summed E-state index contributed by atoms with van der Waals surface area (Å²) in [5.41, 5.74) is 0. The Morgan fingerprint density at radius 2 is 1.16 bits per heavy atom. The van der Waals surface area contributed by atoms with Crippen LogP contribution in [0.1, 0.15) is 136 Å². The van der Waals surface area contributed by atoms with Crippen LogP contribution < -0.4 is 4.89 Å². The van der Waals surface area contributed by atoms with Gasteiger partial charge in [0.25, 0.3) is 7.82 Å². The molecule has 0 aromatic carbocycles. The molecule has 284 valence electrons. The first kappa shape index (κ1) is 47.0. The van der Waals surface area contributed by atoms with Gasteiger partial charge in [-0.3, -0.25) is 14.2 Å². The topological polar surface area (TPSA) is 111 Å². The van der Waals surface area contributed by atoms with Crippen LogP contribution in [0.5, 0.6) is 0 Å². The van der Waals surface area contributed by atoms with E-state index in [1.807, 2.05) is 21.1 Å². The summed E-state index contributed by atoms with van der Waals surface area (Å²) in [7, 11) is 1.13. The second kappa shape index (κ2) is 31.9. The van der Waals surface area contributed by atoms with E-state index >= 15 is 0 Å². The number of allylic oxidation sites excluding steroid dienone is 8. The Hall–Kier alpha value is -2.03. The third-order valence-corrected chi connectivity index (χ3v) is 8.55. The molecule has 0 fully saturated rings. The molecule has 0 aromatic rings. The third-order valence-electron chi connectivity index (χ3n) is 7.58. The molecular formula is C39H70NO8P. The molecule has 0 aliphatic rings. The quantitative estimate of drug-likeness (QED) is 0.0218. The molecule has 0 radical (unpaired) electrons. The second-order valence-corrected chi connectivity index (χ2v) is 15.0. The predicted octanol–water partition coefficient (Wildman–Crippen LogP) is 9.33. The Bertz CT molecular complexity index is 986. The lowest BCUT2D eigenvalue weighted by atomic mass is 10.1. The molecule has 10 heteroatoms. The molecule has 2 atom stereocenters. The van der Waals surface area contributed by atoms with Crippen LogP contribution in [0.3, 0.4) is 0 Å².